The van der Waals surface area contributed by atoms with Crippen molar-refractivity contribution in [3.63, 3.8) is 0 Å². The molecule has 0 aliphatic rings. The van der Waals surface area contributed by atoms with Crippen molar-refractivity contribution in [2.75, 3.05) is 7.11 Å². The van der Waals surface area contributed by atoms with Gasteiger partial charge in [0, 0.05) is 0 Å². The quantitative estimate of drug-likeness (QED) is 0.665. The van der Waals surface area contributed by atoms with Crippen LogP contribution < -0.4 is 10.5 Å². The topological polar surface area (TPSA) is 70.1 Å². The van der Waals surface area contributed by atoms with Gasteiger partial charge < -0.3 is 0 Å². The second-order valence-corrected chi connectivity index (χ2v) is 2.75. The van der Waals surface area contributed by atoms with E-state index in [0.717, 1.165) is 0 Å². The maximum absolute atomic E-state index is 10.8. The maximum atomic E-state index is 10.8. The van der Waals surface area contributed by atoms with E-state index >= 15 is 0 Å². The van der Waals surface area contributed by atoms with Gasteiger partial charge in [-0.2, -0.15) is 0 Å². The summed E-state index contributed by atoms with van der Waals surface area (Å²) in [7, 11) is 1.49. The molecule has 0 radical (unpaired) electrons. The number of nitrogens with zero attached hydrogens (tertiary/aromatic N) is 2. The molecule has 1 rings (SSSR count). The average Bonchev–Trinajstić information content (AvgIpc) is 2.05. The molecular weight excluding hydrogens is 225 g/mol. The third kappa shape index (κ3) is 1.72. The molecule has 1 heterocycles. The molecule has 0 aliphatic heterocycles. The molecule has 0 aromatic carbocycles. The molecule has 1 amide bonds. The van der Waals surface area contributed by atoms with E-state index in [2.05, 4.69) is 20.6 Å². The van der Waals surface area contributed by atoms with Gasteiger partial charge in [0.05, 0.1) is 0 Å². The Hall–Kier alpha value is -1.13. The normalized spacial score (nSPS) is 9.42. The van der Waals surface area contributed by atoms with E-state index in [0.29, 0.717) is 10.1 Å². The molecule has 0 bridgehead atoms. The van der Waals surface area contributed by atoms with Gasteiger partial charge in [-0.1, -0.05) is 0 Å². The number of aromatic nitrogens is 2. The fourth-order valence-corrected chi connectivity index (χ4v) is 1.07. The number of carbonyl (C=O) groups is 1. The first kappa shape index (κ1) is 8.96. The molecule has 2 N–H and O–H groups in total. The Morgan fingerprint density at radius 2 is 2.50 bits per heavy atom. The number of ether oxygens (including phenoxy) is 1. The summed E-state index contributed by atoms with van der Waals surface area (Å²) >= 11 is 2.60. The Labute approximate surface area is 76.5 Å². The molecule has 0 saturated heterocycles. The Bertz CT molecular complexity index is 360. The molecule has 0 atom stereocenters. The fraction of sp³-hybridized carbons (Fsp3) is 0.167. The number of hydrogen-bond donors (Lipinski definition) is 1. The number of carbonyl (C=O) groups excluding carboxylic acids is 1. The molecule has 0 fully saturated rings. The minimum atomic E-state index is -0.602. The third-order valence-corrected chi connectivity index (χ3v) is 1.87. The second-order valence-electron chi connectivity index (χ2n) is 1.98. The second kappa shape index (κ2) is 3.51. The summed E-state index contributed by atoms with van der Waals surface area (Å²) in [4.78, 5) is 14.6. The Kier molecular flexibility index (Phi) is 2.62. The van der Waals surface area contributed by atoms with E-state index < -0.39 is 6.03 Å². The van der Waals surface area contributed by atoms with Gasteiger partial charge in [0.2, 0.25) is 0 Å². The molecular formula is C6H7N3O2Se. The molecule has 0 spiro atoms. The number of primary amides is 1. The van der Waals surface area contributed by atoms with Gasteiger partial charge in [0.25, 0.3) is 0 Å². The van der Waals surface area contributed by atoms with Gasteiger partial charge in [-0.3, -0.25) is 0 Å². The van der Waals surface area contributed by atoms with Crippen LogP contribution in [0.25, 0.3) is 0 Å². The first-order chi connectivity index (χ1) is 5.65. The van der Waals surface area contributed by atoms with Crippen LogP contribution >= 0.6 is 0 Å². The van der Waals surface area contributed by atoms with Crippen molar-refractivity contribution < 1.29 is 9.53 Å². The number of nitrogens with two attached hydrogens (primary N) is 1. The van der Waals surface area contributed by atoms with Crippen molar-refractivity contribution in [3.8, 4) is 5.75 Å². The molecule has 64 valence electrons. The summed E-state index contributed by atoms with van der Waals surface area (Å²) < 4.78 is 6.43. The Morgan fingerprint density at radius 3 is 3.00 bits per heavy atom. The van der Waals surface area contributed by atoms with Crippen molar-refractivity contribution in [2.24, 2.45) is 5.73 Å². The van der Waals surface area contributed by atoms with Crippen molar-refractivity contribution in [3.05, 3.63) is 16.7 Å². The van der Waals surface area contributed by atoms with Crippen LogP contribution in [0.4, 0.5) is 4.79 Å². The van der Waals surface area contributed by atoms with Crippen LogP contribution in [0.15, 0.2) is 12.4 Å². The van der Waals surface area contributed by atoms with Crippen LogP contribution in [0.2, 0.25) is 0 Å². The summed E-state index contributed by atoms with van der Waals surface area (Å²) in [6, 6.07) is -0.602. The molecule has 5 nitrogen and oxygen atoms in total. The molecule has 0 unspecified atom stereocenters. The molecule has 12 heavy (non-hydrogen) atoms. The first-order valence-corrected chi connectivity index (χ1v) is 3.93. The summed E-state index contributed by atoms with van der Waals surface area (Å²) in [6.07, 6.45) is 2.95. The van der Waals surface area contributed by atoms with E-state index in [1.807, 2.05) is 0 Å². The van der Waals surface area contributed by atoms with Gasteiger partial charge in [-0.05, 0) is 0 Å². The predicted molar refractivity (Wildman–Crippen MR) is 42.8 cm³/mol. The zero-order valence-electron chi connectivity index (χ0n) is 6.35. The molecule has 6 heteroatoms. The first-order valence-electron chi connectivity index (χ1n) is 3.07. The van der Waals surface area contributed by atoms with Crippen LogP contribution in [0, 0.1) is 4.32 Å². The van der Waals surface area contributed by atoms with E-state index in [9.17, 15) is 4.79 Å². The summed E-state index contributed by atoms with van der Waals surface area (Å²) in [5, 5.41) is 0. The van der Waals surface area contributed by atoms with Gasteiger partial charge in [-0.15, -0.1) is 0 Å². The van der Waals surface area contributed by atoms with Gasteiger partial charge in [0.15, 0.2) is 0 Å². The van der Waals surface area contributed by atoms with E-state index in [1.54, 1.807) is 0 Å². The SMILES string of the molecule is COc1cnc(=[Se])n(C(N)=O)c1. The van der Waals surface area contributed by atoms with Gasteiger partial charge in [-0.25, -0.2) is 0 Å². The number of hydrogen-bond acceptors (Lipinski definition) is 3. The molecule has 1 aromatic heterocycles. The number of rotatable bonds is 1. The zero-order valence-corrected chi connectivity index (χ0v) is 8.06. The van der Waals surface area contributed by atoms with Crippen molar-refractivity contribution in [1.82, 2.24) is 9.55 Å². The Morgan fingerprint density at radius 1 is 1.83 bits per heavy atom. The number of methoxy groups -OCH3 is 1. The van der Waals surface area contributed by atoms with Crippen LogP contribution in [-0.4, -0.2) is 38.3 Å². The summed E-state index contributed by atoms with van der Waals surface area (Å²) in [6.45, 7) is 0. The van der Waals surface area contributed by atoms with Gasteiger partial charge in [0.1, 0.15) is 0 Å². The van der Waals surface area contributed by atoms with Crippen molar-refractivity contribution >= 4 is 21.6 Å². The molecule has 0 saturated carbocycles. The minimum absolute atomic E-state index is 0.406. The zero-order chi connectivity index (χ0) is 9.14. The number of amides is 1. The standard InChI is InChI=1S/C6H7N3O2Se/c1-11-4-2-8-6(12)9(3-4)5(7)10/h2-3H,1H3,(H2,7,10). The van der Waals surface area contributed by atoms with E-state index in [1.165, 1.54) is 24.1 Å². The summed E-state index contributed by atoms with van der Waals surface area (Å²) in [5.41, 5.74) is 5.05. The fourth-order valence-electron chi connectivity index (χ4n) is 0.660. The Balaban J connectivity index is 3.26. The van der Waals surface area contributed by atoms with E-state index in [4.69, 9.17) is 10.5 Å². The monoisotopic (exact) mass is 233 g/mol. The average molecular weight is 232 g/mol. The van der Waals surface area contributed by atoms with Crippen molar-refractivity contribution in [1.29, 1.82) is 0 Å². The van der Waals surface area contributed by atoms with Crippen LogP contribution in [-0.2, 0) is 0 Å². The summed E-state index contributed by atoms with van der Waals surface area (Å²) in [5.74, 6) is 0.479. The van der Waals surface area contributed by atoms with Crippen LogP contribution in [0.1, 0.15) is 0 Å². The van der Waals surface area contributed by atoms with Crippen molar-refractivity contribution in [2.45, 2.75) is 0 Å². The van der Waals surface area contributed by atoms with Crippen LogP contribution in [0.3, 0.4) is 0 Å². The third-order valence-electron chi connectivity index (χ3n) is 1.24. The van der Waals surface area contributed by atoms with E-state index in [-0.39, 0.29) is 0 Å². The van der Waals surface area contributed by atoms with Crippen LogP contribution in [0.5, 0.6) is 5.75 Å². The molecule has 1 aromatic rings. The predicted octanol–water partition coefficient (Wildman–Crippen LogP) is -0.481. The molecule has 0 aliphatic carbocycles. The van der Waals surface area contributed by atoms with Gasteiger partial charge >= 0.3 is 76.0 Å².